The lowest BCUT2D eigenvalue weighted by Gasteiger charge is -2.14. The minimum atomic E-state index is 0.783. The van der Waals surface area contributed by atoms with Crippen LogP contribution in [0.15, 0.2) is 48.5 Å². The third-order valence-electron chi connectivity index (χ3n) is 4.54. The summed E-state index contributed by atoms with van der Waals surface area (Å²) in [7, 11) is 4.12. The number of para-hydroxylation sites is 2. The van der Waals surface area contributed by atoms with E-state index in [9.17, 15) is 0 Å². The van der Waals surface area contributed by atoms with Crippen LogP contribution in [-0.2, 0) is 13.1 Å². The number of benzene rings is 2. The quantitative estimate of drug-likeness (QED) is 0.594. The summed E-state index contributed by atoms with van der Waals surface area (Å²) in [6, 6.07) is 17.0. The molecule has 3 aromatic rings. The van der Waals surface area contributed by atoms with Crippen LogP contribution >= 0.6 is 0 Å². The second-order valence-corrected chi connectivity index (χ2v) is 6.70. The minimum absolute atomic E-state index is 0.783. The maximum atomic E-state index is 4.80. The summed E-state index contributed by atoms with van der Waals surface area (Å²) in [6.45, 7) is 4.03. The maximum Gasteiger partial charge on any atom is 0.204 e. The highest BCUT2D eigenvalue weighted by atomic mass is 15.2. The lowest BCUT2D eigenvalue weighted by Crippen LogP contribution is -2.10. The Bertz CT molecular complexity index is 802. The van der Waals surface area contributed by atoms with Gasteiger partial charge >= 0.3 is 0 Å². The van der Waals surface area contributed by atoms with Crippen molar-refractivity contribution in [3.05, 3.63) is 54.1 Å². The molecule has 0 aliphatic carbocycles. The number of nitrogens with zero attached hydrogens (tertiary/aromatic N) is 3. The number of aryl methyl sites for hydroxylation is 1. The standard InChI is InChI=1S/C21H28N4/c1-4-5-8-15-25-20-10-7-6-9-19(20)23-21(25)22-16-17-11-13-18(14-12-17)24(2)3/h6-7,9-14H,4-5,8,15-16H2,1-3H3,(H,22,23). The molecule has 1 aromatic heterocycles. The number of imidazole rings is 1. The highest BCUT2D eigenvalue weighted by Gasteiger charge is 2.09. The van der Waals surface area contributed by atoms with E-state index in [1.807, 2.05) is 0 Å². The number of unbranched alkanes of at least 4 members (excludes halogenated alkanes) is 2. The van der Waals surface area contributed by atoms with Gasteiger partial charge in [-0.25, -0.2) is 4.98 Å². The SMILES string of the molecule is CCCCCn1c(NCc2ccc(N(C)C)cc2)nc2ccccc21. The summed E-state index contributed by atoms with van der Waals surface area (Å²) in [5.74, 6) is 0.967. The van der Waals surface area contributed by atoms with Crippen molar-refractivity contribution in [1.82, 2.24) is 9.55 Å². The fourth-order valence-electron chi connectivity index (χ4n) is 3.05. The van der Waals surface area contributed by atoms with Gasteiger partial charge in [-0.3, -0.25) is 0 Å². The molecule has 0 saturated carbocycles. The van der Waals surface area contributed by atoms with Crippen molar-refractivity contribution < 1.29 is 0 Å². The average Bonchev–Trinajstić information content (AvgIpc) is 2.98. The molecule has 0 saturated heterocycles. The highest BCUT2D eigenvalue weighted by Crippen LogP contribution is 2.21. The predicted octanol–water partition coefficient (Wildman–Crippen LogP) is 4.90. The van der Waals surface area contributed by atoms with Gasteiger partial charge in [0.1, 0.15) is 0 Å². The second-order valence-electron chi connectivity index (χ2n) is 6.70. The lowest BCUT2D eigenvalue weighted by molar-refractivity contribution is 0.616. The van der Waals surface area contributed by atoms with E-state index in [-0.39, 0.29) is 0 Å². The van der Waals surface area contributed by atoms with Crippen LogP contribution in [0.5, 0.6) is 0 Å². The van der Waals surface area contributed by atoms with Crippen molar-refractivity contribution in [3.63, 3.8) is 0 Å². The second kappa shape index (κ2) is 8.06. The van der Waals surface area contributed by atoms with Gasteiger partial charge < -0.3 is 14.8 Å². The molecule has 0 atom stereocenters. The number of fused-ring (bicyclic) bond motifs is 1. The fourth-order valence-corrected chi connectivity index (χ4v) is 3.05. The first-order chi connectivity index (χ1) is 12.2. The molecule has 0 bridgehead atoms. The normalized spacial score (nSPS) is 11.0. The van der Waals surface area contributed by atoms with Crippen LogP contribution in [-0.4, -0.2) is 23.6 Å². The fraction of sp³-hybridized carbons (Fsp3) is 0.381. The van der Waals surface area contributed by atoms with Gasteiger partial charge in [-0.1, -0.05) is 44.0 Å². The summed E-state index contributed by atoms with van der Waals surface area (Å²) < 4.78 is 2.32. The van der Waals surface area contributed by atoms with Crippen molar-refractivity contribution in [2.75, 3.05) is 24.3 Å². The Morgan fingerprint density at radius 1 is 1.00 bits per heavy atom. The van der Waals surface area contributed by atoms with E-state index in [1.54, 1.807) is 0 Å². The van der Waals surface area contributed by atoms with E-state index in [2.05, 4.69) is 84.3 Å². The van der Waals surface area contributed by atoms with Gasteiger partial charge in [-0.15, -0.1) is 0 Å². The largest absolute Gasteiger partial charge is 0.378 e. The molecule has 0 aliphatic rings. The average molecular weight is 336 g/mol. The number of aromatic nitrogens is 2. The number of nitrogens with one attached hydrogen (secondary N) is 1. The number of anilines is 2. The Hall–Kier alpha value is -2.49. The molecule has 4 heteroatoms. The summed E-state index contributed by atoms with van der Waals surface area (Å²) in [5, 5.41) is 3.53. The first kappa shape index (κ1) is 17.3. The van der Waals surface area contributed by atoms with E-state index >= 15 is 0 Å². The molecule has 0 radical (unpaired) electrons. The first-order valence-electron chi connectivity index (χ1n) is 9.14. The van der Waals surface area contributed by atoms with Crippen LogP contribution in [0.4, 0.5) is 11.6 Å². The van der Waals surface area contributed by atoms with E-state index in [4.69, 9.17) is 4.98 Å². The van der Waals surface area contributed by atoms with Gasteiger partial charge in [0.15, 0.2) is 0 Å². The van der Waals surface area contributed by atoms with Crippen LogP contribution in [0.1, 0.15) is 31.7 Å². The van der Waals surface area contributed by atoms with Crippen LogP contribution in [0.25, 0.3) is 11.0 Å². The molecule has 1 heterocycles. The number of rotatable bonds is 8. The van der Waals surface area contributed by atoms with Crippen LogP contribution < -0.4 is 10.2 Å². The monoisotopic (exact) mass is 336 g/mol. The summed E-state index contributed by atoms with van der Waals surface area (Å²) in [5.41, 5.74) is 4.75. The molecule has 0 amide bonds. The molecular formula is C21H28N4. The topological polar surface area (TPSA) is 33.1 Å². The van der Waals surface area contributed by atoms with Crippen molar-refractivity contribution in [2.24, 2.45) is 0 Å². The van der Waals surface area contributed by atoms with Gasteiger partial charge in [-0.2, -0.15) is 0 Å². The van der Waals surface area contributed by atoms with Gasteiger partial charge in [0.25, 0.3) is 0 Å². The Morgan fingerprint density at radius 3 is 2.48 bits per heavy atom. The van der Waals surface area contributed by atoms with E-state index in [0.717, 1.165) is 24.6 Å². The van der Waals surface area contributed by atoms with Gasteiger partial charge in [0.05, 0.1) is 11.0 Å². The lowest BCUT2D eigenvalue weighted by atomic mass is 10.2. The summed E-state index contributed by atoms with van der Waals surface area (Å²) >= 11 is 0. The molecule has 0 unspecified atom stereocenters. The Labute approximate surface area is 150 Å². The van der Waals surface area contributed by atoms with Crippen LogP contribution in [0.3, 0.4) is 0 Å². The molecule has 0 spiro atoms. The highest BCUT2D eigenvalue weighted by molar-refractivity contribution is 5.78. The minimum Gasteiger partial charge on any atom is -0.378 e. The van der Waals surface area contributed by atoms with E-state index in [1.165, 1.54) is 36.0 Å². The third-order valence-corrected chi connectivity index (χ3v) is 4.54. The Kier molecular flexibility index (Phi) is 5.59. The van der Waals surface area contributed by atoms with Crippen molar-refractivity contribution in [2.45, 2.75) is 39.3 Å². The summed E-state index contributed by atoms with van der Waals surface area (Å²) in [4.78, 5) is 6.91. The van der Waals surface area contributed by atoms with Gasteiger partial charge in [-0.05, 0) is 36.2 Å². The predicted molar refractivity (Wildman–Crippen MR) is 107 cm³/mol. The zero-order chi connectivity index (χ0) is 17.6. The molecule has 25 heavy (non-hydrogen) atoms. The molecule has 0 fully saturated rings. The zero-order valence-corrected chi connectivity index (χ0v) is 15.5. The van der Waals surface area contributed by atoms with Crippen LogP contribution in [0, 0.1) is 0 Å². The molecule has 4 nitrogen and oxygen atoms in total. The van der Waals surface area contributed by atoms with Crippen LogP contribution in [0.2, 0.25) is 0 Å². The molecule has 1 N–H and O–H groups in total. The number of hydrogen-bond acceptors (Lipinski definition) is 3. The summed E-state index contributed by atoms with van der Waals surface area (Å²) in [6.07, 6.45) is 3.66. The maximum absolute atomic E-state index is 4.80. The molecule has 0 aliphatic heterocycles. The van der Waals surface area contributed by atoms with Crippen molar-refractivity contribution >= 4 is 22.7 Å². The van der Waals surface area contributed by atoms with E-state index < -0.39 is 0 Å². The molecule has 132 valence electrons. The molecule has 2 aromatic carbocycles. The molecular weight excluding hydrogens is 308 g/mol. The molecule has 3 rings (SSSR count). The Balaban J connectivity index is 1.76. The smallest absolute Gasteiger partial charge is 0.204 e. The third kappa shape index (κ3) is 4.13. The first-order valence-corrected chi connectivity index (χ1v) is 9.14. The van der Waals surface area contributed by atoms with Gasteiger partial charge in [0.2, 0.25) is 5.95 Å². The van der Waals surface area contributed by atoms with Gasteiger partial charge in [0, 0.05) is 32.9 Å². The van der Waals surface area contributed by atoms with E-state index in [0.29, 0.717) is 0 Å². The Morgan fingerprint density at radius 2 is 1.76 bits per heavy atom. The number of hydrogen-bond donors (Lipinski definition) is 1. The van der Waals surface area contributed by atoms with Crippen molar-refractivity contribution in [1.29, 1.82) is 0 Å². The zero-order valence-electron chi connectivity index (χ0n) is 15.5. The van der Waals surface area contributed by atoms with Crippen molar-refractivity contribution in [3.8, 4) is 0 Å².